The average Bonchev–Trinajstić information content (AvgIpc) is 2.65. The van der Waals surface area contributed by atoms with Gasteiger partial charge in [0.05, 0.1) is 12.6 Å². The van der Waals surface area contributed by atoms with Crippen molar-refractivity contribution < 1.29 is 9.18 Å². The Hall–Kier alpha value is -3.08. The Kier molecular flexibility index (Phi) is 5.69. The van der Waals surface area contributed by atoms with E-state index in [9.17, 15) is 9.18 Å². The highest BCUT2D eigenvalue weighted by Gasteiger charge is 2.17. The molecule has 132 valence electrons. The highest BCUT2D eigenvalue weighted by atomic mass is 19.1. The number of hydrogen-bond donors (Lipinski definition) is 0. The molecule has 2 aromatic heterocycles. The number of halogens is 1. The van der Waals surface area contributed by atoms with Gasteiger partial charge in [-0.1, -0.05) is 30.3 Å². The largest absolute Gasteiger partial charge is 0.334 e. The van der Waals surface area contributed by atoms with Crippen molar-refractivity contribution in [2.45, 2.75) is 26.4 Å². The minimum atomic E-state index is -0.409. The highest BCUT2D eigenvalue weighted by Crippen LogP contribution is 2.15. The second kappa shape index (κ2) is 8.34. The summed E-state index contributed by atoms with van der Waals surface area (Å²) in [6, 6.07) is 14.7. The van der Waals surface area contributed by atoms with Crippen molar-refractivity contribution in [3.63, 3.8) is 0 Å². The van der Waals surface area contributed by atoms with E-state index in [1.54, 1.807) is 23.4 Å². The van der Waals surface area contributed by atoms with E-state index < -0.39 is 5.82 Å². The van der Waals surface area contributed by atoms with Gasteiger partial charge in [-0.2, -0.15) is 0 Å². The lowest BCUT2D eigenvalue weighted by atomic mass is 10.1. The van der Waals surface area contributed by atoms with E-state index in [0.717, 1.165) is 22.9 Å². The fourth-order valence-electron chi connectivity index (χ4n) is 2.72. The first-order valence-electron chi connectivity index (χ1n) is 8.43. The minimum absolute atomic E-state index is 0.0591. The molecule has 26 heavy (non-hydrogen) atoms. The molecule has 0 N–H and O–H groups in total. The molecular weight excluding hydrogens is 329 g/mol. The Labute approximate surface area is 152 Å². The van der Waals surface area contributed by atoms with Crippen LogP contribution in [0.4, 0.5) is 4.39 Å². The quantitative estimate of drug-likeness (QED) is 0.682. The van der Waals surface area contributed by atoms with E-state index in [2.05, 4.69) is 9.97 Å². The molecule has 0 aliphatic rings. The smallest absolute Gasteiger partial charge is 0.229 e. The SMILES string of the molecule is Cc1ccccc1CN(Cc1cccnc1)C(=O)Cc1ccc(F)cn1. The molecule has 0 fully saturated rings. The van der Waals surface area contributed by atoms with Crippen LogP contribution in [0.5, 0.6) is 0 Å². The zero-order valence-corrected chi connectivity index (χ0v) is 14.6. The van der Waals surface area contributed by atoms with Crippen LogP contribution in [0.2, 0.25) is 0 Å². The first-order valence-corrected chi connectivity index (χ1v) is 8.43. The van der Waals surface area contributed by atoms with Crippen LogP contribution in [-0.4, -0.2) is 20.8 Å². The summed E-state index contributed by atoms with van der Waals surface area (Å²) < 4.78 is 13.0. The van der Waals surface area contributed by atoms with E-state index in [0.29, 0.717) is 18.8 Å². The summed E-state index contributed by atoms with van der Waals surface area (Å²) in [5, 5.41) is 0. The molecule has 0 spiro atoms. The lowest BCUT2D eigenvalue weighted by Crippen LogP contribution is -2.32. The van der Waals surface area contributed by atoms with E-state index >= 15 is 0 Å². The average molecular weight is 349 g/mol. The maximum atomic E-state index is 13.0. The number of aryl methyl sites for hydroxylation is 1. The summed E-state index contributed by atoms with van der Waals surface area (Å²) in [6.07, 6.45) is 4.73. The Balaban J connectivity index is 1.80. The van der Waals surface area contributed by atoms with Gasteiger partial charge in [0.25, 0.3) is 0 Å². The van der Waals surface area contributed by atoms with E-state index in [-0.39, 0.29) is 12.3 Å². The maximum absolute atomic E-state index is 13.0. The van der Waals surface area contributed by atoms with Gasteiger partial charge in [0, 0.05) is 31.2 Å². The summed E-state index contributed by atoms with van der Waals surface area (Å²) in [7, 11) is 0. The summed E-state index contributed by atoms with van der Waals surface area (Å²) in [4.78, 5) is 22.8. The van der Waals surface area contributed by atoms with Crippen molar-refractivity contribution in [2.75, 3.05) is 0 Å². The number of carbonyl (C=O) groups is 1. The number of nitrogens with zero attached hydrogens (tertiary/aromatic N) is 3. The first kappa shape index (κ1) is 17.7. The van der Waals surface area contributed by atoms with Crippen molar-refractivity contribution in [1.29, 1.82) is 0 Å². The van der Waals surface area contributed by atoms with Crippen LogP contribution >= 0.6 is 0 Å². The third kappa shape index (κ3) is 4.72. The molecule has 3 rings (SSSR count). The molecule has 0 radical (unpaired) electrons. The monoisotopic (exact) mass is 349 g/mol. The molecular formula is C21H20FN3O. The molecule has 3 aromatic rings. The molecule has 0 aliphatic carbocycles. The number of benzene rings is 1. The topological polar surface area (TPSA) is 46.1 Å². The van der Waals surface area contributed by atoms with Gasteiger partial charge in [0.2, 0.25) is 5.91 Å². The zero-order chi connectivity index (χ0) is 18.4. The second-order valence-electron chi connectivity index (χ2n) is 6.18. The van der Waals surface area contributed by atoms with Crippen LogP contribution in [0.15, 0.2) is 67.1 Å². The van der Waals surface area contributed by atoms with Crippen LogP contribution in [0.3, 0.4) is 0 Å². The molecule has 0 atom stereocenters. The standard InChI is InChI=1S/C21H20FN3O/c1-16-5-2-3-7-18(16)15-25(14-17-6-4-10-23-12-17)21(26)11-20-9-8-19(22)13-24-20/h2-10,12-13H,11,14-15H2,1H3. The van der Waals surface area contributed by atoms with Crippen LogP contribution in [-0.2, 0) is 24.3 Å². The Morgan fingerprint density at radius 2 is 1.88 bits per heavy atom. The molecule has 2 heterocycles. The fourth-order valence-corrected chi connectivity index (χ4v) is 2.72. The van der Waals surface area contributed by atoms with Gasteiger partial charge >= 0.3 is 0 Å². The summed E-state index contributed by atoms with van der Waals surface area (Å²) in [5.74, 6) is -0.468. The Bertz CT molecular complexity index is 866. The van der Waals surface area contributed by atoms with Crippen molar-refractivity contribution >= 4 is 5.91 Å². The highest BCUT2D eigenvalue weighted by molar-refractivity contribution is 5.78. The Morgan fingerprint density at radius 3 is 2.58 bits per heavy atom. The van der Waals surface area contributed by atoms with E-state index in [1.807, 2.05) is 43.3 Å². The summed E-state index contributed by atoms with van der Waals surface area (Å²) >= 11 is 0. The Morgan fingerprint density at radius 1 is 1.04 bits per heavy atom. The van der Waals surface area contributed by atoms with Gasteiger partial charge in [-0.15, -0.1) is 0 Å². The molecule has 0 saturated heterocycles. The molecule has 0 saturated carbocycles. The van der Waals surface area contributed by atoms with Crippen molar-refractivity contribution in [1.82, 2.24) is 14.9 Å². The summed E-state index contributed by atoms with van der Waals surface area (Å²) in [5.41, 5.74) is 3.74. The number of carbonyl (C=O) groups excluding carboxylic acids is 1. The summed E-state index contributed by atoms with van der Waals surface area (Å²) in [6.45, 7) is 2.99. The number of hydrogen-bond acceptors (Lipinski definition) is 3. The van der Waals surface area contributed by atoms with Crippen LogP contribution in [0.25, 0.3) is 0 Å². The van der Waals surface area contributed by atoms with Crippen LogP contribution in [0, 0.1) is 12.7 Å². The van der Waals surface area contributed by atoms with Gasteiger partial charge in [-0.25, -0.2) is 4.39 Å². The zero-order valence-electron chi connectivity index (χ0n) is 14.6. The van der Waals surface area contributed by atoms with Gasteiger partial charge in [-0.05, 0) is 41.8 Å². The van der Waals surface area contributed by atoms with Gasteiger partial charge < -0.3 is 4.90 Å². The predicted molar refractivity (Wildman–Crippen MR) is 97.6 cm³/mol. The molecule has 1 amide bonds. The molecule has 0 unspecified atom stereocenters. The molecule has 5 heteroatoms. The van der Waals surface area contributed by atoms with Gasteiger partial charge in [0.1, 0.15) is 5.82 Å². The maximum Gasteiger partial charge on any atom is 0.229 e. The van der Waals surface area contributed by atoms with Crippen LogP contribution in [0.1, 0.15) is 22.4 Å². The lowest BCUT2D eigenvalue weighted by molar-refractivity contribution is -0.131. The number of amides is 1. The van der Waals surface area contributed by atoms with Gasteiger partial charge in [-0.3, -0.25) is 14.8 Å². The molecule has 0 bridgehead atoms. The van der Waals surface area contributed by atoms with E-state index in [4.69, 9.17) is 0 Å². The first-order chi connectivity index (χ1) is 12.6. The van der Waals surface area contributed by atoms with Crippen molar-refractivity contribution in [3.05, 3.63) is 95.3 Å². The molecule has 0 aliphatic heterocycles. The third-order valence-corrected chi connectivity index (χ3v) is 4.19. The number of aromatic nitrogens is 2. The lowest BCUT2D eigenvalue weighted by Gasteiger charge is -2.24. The molecule has 1 aromatic carbocycles. The third-order valence-electron chi connectivity index (χ3n) is 4.19. The second-order valence-corrected chi connectivity index (χ2v) is 6.18. The predicted octanol–water partition coefficient (Wildman–Crippen LogP) is 3.70. The number of rotatable bonds is 6. The van der Waals surface area contributed by atoms with E-state index in [1.165, 1.54) is 6.07 Å². The number of pyridine rings is 2. The fraction of sp³-hybridized carbons (Fsp3) is 0.190. The van der Waals surface area contributed by atoms with Crippen molar-refractivity contribution in [3.8, 4) is 0 Å². The minimum Gasteiger partial charge on any atom is -0.334 e. The van der Waals surface area contributed by atoms with Gasteiger partial charge in [0.15, 0.2) is 0 Å². The van der Waals surface area contributed by atoms with Crippen LogP contribution < -0.4 is 0 Å². The molecule has 4 nitrogen and oxygen atoms in total. The normalized spacial score (nSPS) is 10.5. The van der Waals surface area contributed by atoms with Crippen molar-refractivity contribution in [2.24, 2.45) is 0 Å².